The van der Waals surface area contributed by atoms with E-state index in [0.29, 0.717) is 17.2 Å². The molecule has 0 saturated carbocycles. The summed E-state index contributed by atoms with van der Waals surface area (Å²) in [6.07, 6.45) is 3.62. The third-order valence-corrected chi connectivity index (χ3v) is 5.48. The van der Waals surface area contributed by atoms with Gasteiger partial charge < -0.3 is 5.32 Å². The molecule has 0 aliphatic heterocycles. The Balaban J connectivity index is 1.73. The van der Waals surface area contributed by atoms with Gasteiger partial charge in [-0.2, -0.15) is 5.26 Å². The van der Waals surface area contributed by atoms with Gasteiger partial charge >= 0.3 is 0 Å². The van der Waals surface area contributed by atoms with Crippen LogP contribution in [0.3, 0.4) is 0 Å². The zero-order valence-corrected chi connectivity index (χ0v) is 16.9. The van der Waals surface area contributed by atoms with E-state index in [4.69, 9.17) is 0 Å². The molecule has 0 bridgehead atoms. The second-order valence-electron chi connectivity index (χ2n) is 6.73. The molecule has 2 aromatic carbocycles. The Morgan fingerprint density at radius 3 is 2.54 bits per heavy atom. The fourth-order valence-corrected chi connectivity index (χ4v) is 3.61. The fraction of sp³-hybridized carbons (Fsp3) is 0.227. The predicted octanol–water partition coefficient (Wildman–Crippen LogP) is 4.99. The number of para-hydroxylation sites is 1. The van der Waals surface area contributed by atoms with E-state index in [9.17, 15) is 10.1 Å². The second-order valence-corrected chi connectivity index (χ2v) is 8.04. The molecule has 0 radical (unpaired) electrons. The number of hydrogen-bond acceptors (Lipinski definition) is 4. The van der Waals surface area contributed by atoms with Crippen molar-refractivity contribution in [1.82, 2.24) is 9.55 Å². The molecular formula is C22H22N4OS. The highest BCUT2D eigenvalue weighted by Gasteiger charge is 2.19. The lowest BCUT2D eigenvalue weighted by molar-refractivity contribution is -0.115. The van der Waals surface area contributed by atoms with Gasteiger partial charge in [0.25, 0.3) is 0 Å². The van der Waals surface area contributed by atoms with Crippen molar-refractivity contribution in [1.29, 1.82) is 5.26 Å². The number of rotatable bonds is 6. The third-order valence-electron chi connectivity index (χ3n) is 4.40. The standard InChI is InChI=1S/C22H22N4OS/c1-15(2)17-8-10-19(11-9-17)26-13-12-24-22(26)28-16(3)21(27)25-20-7-5-4-6-18(20)14-23/h4-13,15-16H,1-3H3,(H,25,27). The van der Waals surface area contributed by atoms with E-state index in [1.807, 2.05) is 17.7 Å². The van der Waals surface area contributed by atoms with Gasteiger partial charge in [-0.1, -0.05) is 49.9 Å². The molecule has 1 heterocycles. The van der Waals surface area contributed by atoms with E-state index in [2.05, 4.69) is 54.5 Å². The van der Waals surface area contributed by atoms with Crippen molar-refractivity contribution in [2.24, 2.45) is 0 Å². The molecular weight excluding hydrogens is 368 g/mol. The summed E-state index contributed by atoms with van der Waals surface area (Å²) in [6, 6.07) is 17.4. The summed E-state index contributed by atoms with van der Waals surface area (Å²) in [5.74, 6) is 0.308. The van der Waals surface area contributed by atoms with Crippen molar-refractivity contribution in [2.45, 2.75) is 37.1 Å². The number of aromatic nitrogens is 2. The molecule has 0 aliphatic carbocycles. The van der Waals surface area contributed by atoms with Crippen LogP contribution in [-0.2, 0) is 4.79 Å². The molecule has 3 aromatic rings. The zero-order valence-electron chi connectivity index (χ0n) is 16.1. The number of anilines is 1. The first-order valence-corrected chi connectivity index (χ1v) is 9.98. The van der Waals surface area contributed by atoms with Crippen LogP contribution in [0.5, 0.6) is 0 Å². The van der Waals surface area contributed by atoms with Crippen molar-refractivity contribution in [3.05, 3.63) is 72.1 Å². The normalized spacial score (nSPS) is 11.8. The van der Waals surface area contributed by atoms with Gasteiger partial charge in [0.1, 0.15) is 6.07 Å². The molecule has 0 spiro atoms. The Morgan fingerprint density at radius 2 is 1.86 bits per heavy atom. The molecule has 3 rings (SSSR count). The van der Waals surface area contributed by atoms with Crippen LogP contribution >= 0.6 is 11.8 Å². The van der Waals surface area contributed by atoms with Crippen molar-refractivity contribution in [3.63, 3.8) is 0 Å². The van der Waals surface area contributed by atoms with E-state index in [-0.39, 0.29) is 11.2 Å². The lowest BCUT2D eigenvalue weighted by atomic mass is 10.0. The van der Waals surface area contributed by atoms with Crippen molar-refractivity contribution < 1.29 is 4.79 Å². The van der Waals surface area contributed by atoms with Crippen molar-refractivity contribution >= 4 is 23.4 Å². The molecule has 0 saturated heterocycles. The number of amides is 1. The monoisotopic (exact) mass is 390 g/mol. The number of benzene rings is 2. The number of carbonyl (C=O) groups excluding carboxylic acids is 1. The highest BCUT2D eigenvalue weighted by molar-refractivity contribution is 8.00. The molecule has 0 aliphatic rings. The van der Waals surface area contributed by atoms with Crippen molar-refractivity contribution in [2.75, 3.05) is 5.32 Å². The molecule has 28 heavy (non-hydrogen) atoms. The highest BCUT2D eigenvalue weighted by Crippen LogP contribution is 2.26. The van der Waals surface area contributed by atoms with Gasteiger partial charge in [0.05, 0.1) is 16.5 Å². The van der Waals surface area contributed by atoms with Crippen LogP contribution in [0.25, 0.3) is 5.69 Å². The Labute approximate surface area is 169 Å². The number of hydrogen-bond donors (Lipinski definition) is 1. The largest absolute Gasteiger partial charge is 0.324 e. The second kappa shape index (κ2) is 8.77. The SMILES string of the molecule is CC(Sc1nccn1-c1ccc(C(C)C)cc1)C(=O)Nc1ccccc1C#N. The summed E-state index contributed by atoms with van der Waals surface area (Å²) >= 11 is 1.38. The quantitative estimate of drug-likeness (QED) is 0.602. The van der Waals surface area contributed by atoms with Gasteiger partial charge in [0.15, 0.2) is 5.16 Å². The van der Waals surface area contributed by atoms with E-state index >= 15 is 0 Å². The van der Waals surface area contributed by atoms with Crippen LogP contribution in [-0.4, -0.2) is 20.7 Å². The summed E-state index contributed by atoms with van der Waals surface area (Å²) in [5.41, 5.74) is 3.25. The predicted molar refractivity (Wildman–Crippen MR) is 113 cm³/mol. The number of nitrogens with one attached hydrogen (secondary N) is 1. The van der Waals surface area contributed by atoms with Crippen LogP contribution in [0.1, 0.15) is 37.8 Å². The molecule has 1 N–H and O–H groups in total. The number of nitrogens with zero attached hydrogens (tertiary/aromatic N) is 3. The molecule has 5 nitrogen and oxygen atoms in total. The van der Waals surface area contributed by atoms with Crippen LogP contribution < -0.4 is 5.32 Å². The lowest BCUT2D eigenvalue weighted by Gasteiger charge is -2.14. The summed E-state index contributed by atoms with van der Waals surface area (Å²) in [4.78, 5) is 17.0. The topological polar surface area (TPSA) is 70.7 Å². The van der Waals surface area contributed by atoms with Crippen LogP contribution in [0, 0.1) is 11.3 Å². The van der Waals surface area contributed by atoms with Crippen LogP contribution in [0.4, 0.5) is 5.69 Å². The maximum absolute atomic E-state index is 12.6. The Bertz CT molecular complexity index is 1000. The first kappa shape index (κ1) is 19.7. The van der Waals surface area contributed by atoms with E-state index in [1.165, 1.54) is 17.3 Å². The minimum atomic E-state index is -0.372. The van der Waals surface area contributed by atoms with Crippen LogP contribution in [0.2, 0.25) is 0 Å². The first-order chi connectivity index (χ1) is 13.5. The molecule has 1 aromatic heterocycles. The molecule has 1 unspecified atom stereocenters. The zero-order chi connectivity index (χ0) is 20.1. The average molecular weight is 391 g/mol. The van der Waals surface area contributed by atoms with E-state index in [0.717, 1.165) is 10.8 Å². The van der Waals surface area contributed by atoms with E-state index < -0.39 is 0 Å². The Kier molecular flexibility index (Phi) is 6.17. The minimum Gasteiger partial charge on any atom is -0.324 e. The lowest BCUT2D eigenvalue weighted by Crippen LogP contribution is -2.23. The fourth-order valence-electron chi connectivity index (χ4n) is 2.73. The van der Waals surface area contributed by atoms with Gasteiger partial charge in [-0.25, -0.2) is 4.98 Å². The van der Waals surface area contributed by atoms with Gasteiger partial charge in [0.2, 0.25) is 5.91 Å². The number of thioether (sulfide) groups is 1. The summed E-state index contributed by atoms with van der Waals surface area (Å²) in [7, 11) is 0. The van der Waals surface area contributed by atoms with Crippen molar-refractivity contribution in [3.8, 4) is 11.8 Å². The van der Waals surface area contributed by atoms with Gasteiger partial charge in [-0.15, -0.1) is 0 Å². The van der Waals surface area contributed by atoms with Gasteiger partial charge in [0, 0.05) is 18.1 Å². The molecule has 6 heteroatoms. The van der Waals surface area contributed by atoms with Gasteiger partial charge in [-0.3, -0.25) is 9.36 Å². The molecule has 0 fully saturated rings. The number of nitriles is 1. The number of imidazole rings is 1. The minimum absolute atomic E-state index is 0.169. The third kappa shape index (κ3) is 4.44. The maximum Gasteiger partial charge on any atom is 0.237 e. The maximum atomic E-state index is 12.6. The first-order valence-electron chi connectivity index (χ1n) is 9.10. The van der Waals surface area contributed by atoms with E-state index in [1.54, 1.807) is 30.5 Å². The Hall–Kier alpha value is -3.04. The van der Waals surface area contributed by atoms with Gasteiger partial charge in [-0.05, 0) is 42.7 Å². The number of carbonyl (C=O) groups is 1. The highest BCUT2D eigenvalue weighted by atomic mass is 32.2. The Morgan fingerprint density at radius 1 is 1.14 bits per heavy atom. The average Bonchev–Trinajstić information content (AvgIpc) is 3.16. The summed E-state index contributed by atoms with van der Waals surface area (Å²) in [6.45, 7) is 6.16. The summed E-state index contributed by atoms with van der Waals surface area (Å²) < 4.78 is 1.97. The van der Waals surface area contributed by atoms with Crippen LogP contribution in [0.15, 0.2) is 66.1 Å². The smallest absolute Gasteiger partial charge is 0.237 e. The molecule has 1 atom stereocenters. The summed E-state index contributed by atoms with van der Waals surface area (Å²) in [5, 5.41) is 12.4. The molecule has 1 amide bonds. The molecule has 142 valence electrons.